The fraction of sp³-hybridized carbons (Fsp3) is 0.200. The molecule has 3 aromatic carbocycles. The molecule has 0 unspecified atom stereocenters. The average molecular weight is 403 g/mol. The van der Waals surface area contributed by atoms with Gasteiger partial charge in [0, 0.05) is 12.5 Å². The number of hydrogen-bond donors (Lipinski definition) is 1. The average Bonchev–Trinajstić information content (AvgIpc) is 2.81. The lowest BCUT2D eigenvalue weighted by molar-refractivity contribution is -0.123. The molecule has 0 aromatic heterocycles. The lowest BCUT2D eigenvalue weighted by Gasteiger charge is -2.18. The quantitative estimate of drug-likeness (QED) is 0.544. The van der Waals surface area contributed by atoms with Crippen molar-refractivity contribution in [3.63, 3.8) is 0 Å². The van der Waals surface area contributed by atoms with E-state index in [2.05, 4.69) is 29.6 Å². The number of hydrogen-bond acceptors (Lipinski definition) is 4. The summed E-state index contributed by atoms with van der Waals surface area (Å²) in [5.41, 5.74) is 2.81. The third-order valence-electron chi connectivity index (χ3n) is 4.78. The maximum absolute atomic E-state index is 12.2. The molecule has 30 heavy (non-hydrogen) atoms. The minimum absolute atomic E-state index is 0.119. The van der Waals surface area contributed by atoms with Crippen LogP contribution in [-0.4, -0.2) is 32.1 Å². The van der Waals surface area contributed by atoms with Crippen LogP contribution in [0.1, 0.15) is 33.8 Å². The summed E-state index contributed by atoms with van der Waals surface area (Å²) < 4.78 is 10.2. The standard InChI is InChI=1S/C25H25NO4/c1-29-25(28)21-13-8-14-22(17-21)30-18-24(27)26-16-15-23(19-9-4-2-5-10-19)20-11-6-3-7-12-20/h2-14,17,23H,15-16,18H2,1H3,(H,26,27). The predicted octanol–water partition coefficient (Wildman–Crippen LogP) is 4.19. The smallest absolute Gasteiger partial charge is 0.337 e. The molecule has 3 aromatic rings. The Hall–Kier alpha value is -3.60. The molecule has 0 atom stereocenters. The summed E-state index contributed by atoms with van der Waals surface area (Å²) in [6.07, 6.45) is 0.775. The molecule has 5 heteroatoms. The summed E-state index contributed by atoms with van der Waals surface area (Å²) in [5.74, 6) is -0.0130. The van der Waals surface area contributed by atoms with Crippen LogP contribution in [0.3, 0.4) is 0 Å². The van der Waals surface area contributed by atoms with Crippen LogP contribution in [-0.2, 0) is 9.53 Å². The Morgan fingerprint density at radius 3 is 2.10 bits per heavy atom. The first-order chi connectivity index (χ1) is 14.7. The summed E-state index contributed by atoms with van der Waals surface area (Å²) in [6.45, 7) is 0.408. The van der Waals surface area contributed by atoms with Crippen LogP contribution < -0.4 is 10.1 Å². The van der Waals surface area contributed by atoms with Crippen LogP contribution in [0.25, 0.3) is 0 Å². The van der Waals surface area contributed by atoms with Gasteiger partial charge in [-0.25, -0.2) is 4.79 Å². The number of nitrogens with one attached hydrogen (secondary N) is 1. The van der Waals surface area contributed by atoms with Crippen molar-refractivity contribution in [1.29, 1.82) is 0 Å². The van der Waals surface area contributed by atoms with Crippen LogP contribution in [0.2, 0.25) is 0 Å². The second kappa shape index (κ2) is 10.8. The topological polar surface area (TPSA) is 64.6 Å². The van der Waals surface area contributed by atoms with Gasteiger partial charge in [-0.05, 0) is 35.7 Å². The first-order valence-electron chi connectivity index (χ1n) is 9.85. The monoisotopic (exact) mass is 403 g/mol. The Morgan fingerprint density at radius 2 is 1.50 bits per heavy atom. The highest BCUT2D eigenvalue weighted by atomic mass is 16.5. The minimum Gasteiger partial charge on any atom is -0.484 e. The maximum atomic E-state index is 12.2. The van der Waals surface area contributed by atoms with E-state index in [1.165, 1.54) is 18.2 Å². The Kier molecular flexibility index (Phi) is 7.61. The van der Waals surface area contributed by atoms with Crippen molar-refractivity contribution in [1.82, 2.24) is 5.32 Å². The van der Waals surface area contributed by atoms with Gasteiger partial charge in [0.25, 0.3) is 5.91 Å². The van der Waals surface area contributed by atoms with Gasteiger partial charge in [0.1, 0.15) is 5.75 Å². The first-order valence-corrected chi connectivity index (χ1v) is 9.85. The molecular formula is C25H25NO4. The van der Waals surface area contributed by atoms with Gasteiger partial charge in [-0.2, -0.15) is 0 Å². The van der Waals surface area contributed by atoms with E-state index in [0.29, 0.717) is 17.9 Å². The van der Waals surface area contributed by atoms with Gasteiger partial charge in [-0.1, -0.05) is 66.7 Å². The van der Waals surface area contributed by atoms with Crippen LogP contribution in [0.4, 0.5) is 0 Å². The van der Waals surface area contributed by atoms with Crippen molar-refractivity contribution in [2.45, 2.75) is 12.3 Å². The molecule has 0 saturated heterocycles. The molecule has 3 rings (SSSR count). The highest BCUT2D eigenvalue weighted by Gasteiger charge is 2.14. The van der Waals surface area contributed by atoms with Crippen LogP contribution in [0.5, 0.6) is 5.75 Å². The number of amides is 1. The van der Waals surface area contributed by atoms with E-state index in [4.69, 9.17) is 9.47 Å². The van der Waals surface area contributed by atoms with Gasteiger partial charge >= 0.3 is 5.97 Å². The fourth-order valence-electron chi connectivity index (χ4n) is 3.28. The normalized spacial score (nSPS) is 10.5. The molecule has 0 saturated carbocycles. The van der Waals surface area contributed by atoms with E-state index in [9.17, 15) is 9.59 Å². The molecule has 0 fully saturated rings. The minimum atomic E-state index is -0.447. The zero-order valence-electron chi connectivity index (χ0n) is 16.9. The summed E-state index contributed by atoms with van der Waals surface area (Å²) in [4.78, 5) is 23.8. The van der Waals surface area contributed by atoms with Gasteiger partial charge in [0.05, 0.1) is 12.7 Å². The van der Waals surface area contributed by atoms with Crippen LogP contribution >= 0.6 is 0 Å². The molecule has 154 valence electrons. The van der Waals surface area contributed by atoms with E-state index >= 15 is 0 Å². The van der Waals surface area contributed by atoms with Gasteiger partial charge in [-0.3, -0.25) is 4.79 Å². The Morgan fingerprint density at radius 1 is 0.867 bits per heavy atom. The number of carbonyl (C=O) groups excluding carboxylic acids is 2. The van der Waals surface area contributed by atoms with E-state index in [-0.39, 0.29) is 18.4 Å². The third-order valence-corrected chi connectivity index (χ3v) is 4.78. The van der Waals surface area contributed by atoms with Crippen molar-refractivity contribution in [3.8, 4) is 5.75 Å². The zero-order valence-corrected chi connectivity index (χ0v) is 16.9. The third kappa shape index (κ3) is 5.95. The highest BCUT2D eigenvalue weighted by Crippen LogP contribution is 2.27. The number of carbonyl (C=O) groups is 2. The second-order valence-corrected chi connectivity index (χ2v) is 6.82. The van der Waals surface area contributed by atoms with Crippen LogP contribution in [0.15, 0.2) is 84.9 Å². The Labute approximate surface area is 176 Å². The molecule has 0 heterocycles. The predicted molar refractivity (Wildman–Crippen MR) is 116 cm³/mol. The summed E-state index contributed by atoms with van der Waals surface area (Å²) in [6, 6.07) is 27.1. The van der Waals surface area contributed by atoms with E-state index in [1.54, 1.807) is 24.3 Å². The van der Waals surface area contributed by atoms with Crippen molar-refractivity contribution in [3.05, 3.63) is 102 Å². The van der Waals surface area contributed by atoms with Crippen molar-refractivity contribution in [2.24, 2.45) is 0 Å². The summed E-state index contributed by atoms with van der Waals surface area (Å²) in [5, 5.41) is 2.92. The summed E-state index contributed by atoms with van der Waals surface area (Å²) in [7, 11) is 1.32. The number of benzene rings is 3. The highest BCUT2D eigenvalue weighted by molar-refractivity contribution is 5.89. The van der Waals surface area contributed by atoms with Gasteiger partial charge < -0.3 is 14.8 Å². The lowest BCUT2D eigenvalue weighted by atomic mass is 9.88. The molecule has 0 bridgehead atoms. The molecule has 1 amide bonds. The molecule has 0 aliphatic heterocycles. The molecule has 1 N–H and O–H groups in total. The lowest BCUT2D eigenvalue weighted by Crippen LogP contribution is -2.30. The largest absolute Gasteiger partial charge is 0.484 e. The van der Waals surface area contributed by atoms with Gasteiger partial charge in [-0.15, -0.1) is 0 Å². The van der Waals surface area contributed by atoms with Crippen molar-refractivity contribution < 1.29 is 19.1 Å². The number of ether oxygens (including phenoxy) is 2. The molecule has 0 aliphatic carbocycles. The molecular weight excluding hydrogens is 378 g/mol. The molecule has 5 nitrogen and oxygen atoms in total. The van der Waals surface area contributed by atoms with E-state index in [1.807, 2.05) is 36.4 Å². The number of rotatable bonds is 9. The maximum Gasteiger partial charge on any atom is 0.337 e. The SMILES string of the molecule is COC(=O)c1cccc(OCC(=O)NCCC(c2ccccc2)c2ccccc2)c1. The van der Waals surface area contributed by atoms with E-state index < -0.39 is 5.97 Å². The van der Waals surface area contributed by atoms with Crippen molar-refractivity contribution in [2.75, 3.05) is 20.3 Å². The molecule has 0 radical (unpaired) electrons. The number of methoxy groups -OCH3 is 1. The van der Waals surface area contributed by atoms with Gasteiger partial charge in [0.2, 0.25) is 0 Å². The van der Waals surface area contributed by atoms with Crippen LogP contribution in [0, 0.1) is 0 Å². The molecule has 0 aliphatic rings. The van der Waals surface area contributed by atoms with Gasteiger partial charge in [0.15, 0.2) is 6.61 Å². The van der Waals surface area contributed by atoms with E-state index in [0.717, 1.165) is 6.42 Å². The van der Waals surface area contributed by atoms with Crippen molar-refractivity contribution >= 4 is 11.9 Å². The first kappa shape index (κ1) is 21.1. The Bertz CT molecular complexity index is 918. The second-order valence-electron chi connectivity index (χ2n) is 6.82. The Balaban J connectivity index is 1.53. The summed E-state index contributed by atoms with van der Waals surface area (Å²) >= 11 is 0. The fourth-order valence-corrected chi connectivity index (χ4v) is 3.28. The number of esters is 1. The zero-order chi connectivity index (χ0) is 21.2. The molecule has 0 spiro atoms.